The Morgan fingerprint density at radius 3 is 2.69 bits per heavy atom. The average molecular weight is 349 g/mol. The Bertz CT molecular complexity index is 918. The van der Waals surface area contributed by atoms with Gasteiger partial charge in [-0.15, -0.1) is 0 Å². The summed E-state index contributed by atoms with van der Waals surface area (Å²) < 4.78 is 10.9. The minimum Gasteiger partial charge on any atom is -0.497 e. The zero-order valence-corrected chi connectivity index (χ0v) is 14.5. The van der Waals surface area contributed by atoms with Gasteiger partial charge in [0, 0.05) is 11.6 Å². The molecule has 6 nitrogen and oxygen atoms in total. The van der Waals surface area contributed by atoms with Gasteiger partial charge in [0.15, 0.2) is 6.10 Å². The van der Waals surface area contributed by atoms with Crippen LogP contribution in [0.4, 0.5) is 0 Å². The third-order valence-electron chi connectivity index (χ3n) is 3.77. The Morgan fingerprint density at radius 2 is 1.92 bits per heavy atom. The van der Waals surface area contributed by atoms with Crippen molar-refractivity contribution >= 4 is 23.0 Å². The molecule has 26 heavy (non-hydrogen) atoms. The molecule has 0 fully saturated rings. The van der Waals surface area contributed by atoms with Crippen LogP contribution in [0.1, 0.15) is 12.5 Å². The van der Waals surface area contributed by atoms with E-state index in [1.807, 2.05) is 48.5 Å². The second kappa shape index (κ2) is 8.11. The van der Waals surface area contributed by atoms with Gasteiger partial charge in [-0.2, -0.15) is 5.10 Å². The number of rotatable bonds is 6. The summed E-state index contributed by atoms with van der Waals surface area (Å²) in [7, 11) is 1.61. The maximum Gasteiger partial charge on any atom is 0.280 e. The average Bonchev–Trinajstić information content (AvgIpc) is 2.68. The molecule has 2 aromatic carbocycles. The lowest BCUT2D eigenvalue weighted by Gasteiger charge is -2.14. The number of hydrogen-bond donors (Lipinski definition) is 1. The van der Waals surface area contributed by atoms with Crippen LogP contribution in [-0.4, -0.2) is 30.3 Å². The standard InChI is InChI=1S/C20H19N3O3/c1-14(26-18-7-3-5-16-6-4-12-21-19(16)18)20(24)23-22-13-15-8-10-17(25-2)11-9-15/h3-14H,1-2H3,(H,23,24)/b22-13-/t14-/m1/s1. The van der Waals surface area contributed by atoms with Gasteiger partial charge in [-0.25, -0.2) is 5.43 Å². The van der Waals surface area contributed by atoms with E-state index in [4.69, 9.17) is 9.47 Å². The zero-order chi connectivity index (χ0) is 18.4. The van der Waals surface area contributed by atoms with Crippen molar-refractivity contribution in [1.82, 2.24) is 10.4 Å². The maximum atomic E-state index is 12.2. The lowest BCUT2D eigenvalue weighted by molar-refractivity contribution is -0.127. The van der Waals surface area contributed by atoms with E-state index in [2.05, 4.69) is 15.5 Å². The Balaban J connectivity index is 1.61. The van der Waals surface area contributed by atoms with Crippen molar-refractivity contribution in [1.29, 1.82) is 0 Å². The molecule has 0 aliphatic carbocycles. The van der Waals surface area contributed by atoms with E-state index in [1.54, 1.807) is 32.5 Å². The van der Waals surface area contributed by atoms with Gasteiger partial charge in [0.25, 0.3) is 5.91 Å². The number of fused-ring (bicyclic) bond motifs is 1. The first-order valence-corrected chi connectivity index (χ1v) is 8.15. The number of methoxy groups -OCH3 is 1. The normalized spacial score (nSPS) is 12.1. The number of hydrogen-bond acceptors (Lipinski definition) is 5. The second-order valence-electron chi connectivity index (χ2n) is 5.60. The maximum absolute atomic E-state index is 12.2. The van der Waals surface area contributed by atoms with Crippen LogP contribution in [-0.2, 0) is 4.79 Å². The third kappa shape index (κ3) is 4.16. The fourth-order valence-electron chi connectivity index (χ4n) is 2.37. The summed E-state index contributed by atoms with van der Waals surface area (Å²) in [6, 6.07) is 16.7. The molecule has 3 aromatic rings. The lowest BCUT2D eigenvalue weighted by atomic mass is 10.2. The van der Waals surface area contributed by atoms with Crippen molar-refractivity contribution in [2.75, 3.05) is 7.11 Å². The number of amides is 1. The van der Waals surface area contributed by atoms with Crippen LogP contribution in [0.3, 0.4) is 0 Å². The Labute approximate surface area is 151 Å². The van der Waals surface area contributed by atoms with Crippen LogP contribution in [0.15, 0.2) is 65.9 Å². The quantitative estimate of drug-likeness (QED) is 0.548. The molecule has 0 spiro atoms. The van der Waals surface area contributed by atoms with Gasteiger partial charge in [0.1, 0.15) is 17.0 Å². The number of hydrazone groups is 1. The van der Waals surface area contributed by atoms with E-state index >= 15 is 0 Å². The predicted molar refractivity (Wildman–Crippen MR) is 101 cm³/mol. The molecule has 1 heterocycles. The molecule has 0 radical (unpaired) electrons. The van der Waals surface area contributed by atoms with E-state index in [0.29, 0.717) is 5.75 Å². The number of nitrogens with zero attached hydrogens (tertiary/aromatic N) is 2. The molecule has 1 N–H and O–H groups in total. The van der Waals surface area contributed by atoms with E-state index in [1.165, 1.54) is 0 Å². The van der Waals surface area contributed by atoms with Crippen LogP contribution < -0.4 is 14.9 Å². The van der Waals surface area contributed by atoms with Crippen LogP contribution in [0.5, 0.6) is 11.5 Å². The van der Waals surface area contributed by atoms with Crippen LogP contribution in [0, 0.1) is 0 Å². The van der Waals surface area contributed by atoms with E-state index < -0.39 is 6.10 Å². The van der Waals surface area contributed by atoms with Crippen molar-refractivity contribution in [2.45, 2.75) is 13.0 Å². The molecule has 0 saturated carbocycles. The van der Waals surface area contributed by atoms with Crippen molar-refractivity contribution in [3.63, 3.8) is 0 Å². The number of aromatic nitrogens is 1. The second-order valence-corrected chi connectivity index (χ2v) is 5.60. The largest absolute Gasteiger partial charge is 0.497 e. The van der Waals surface area contributed by atoms with E-state index in [0.717, 1.165) is 22.2 Å². The number of para-hydroxylation sites is 1. The van der Waals surface area contributed by atoms with Gasteiger partial charge >= 0.3 is 0 Å². The van der Waals surface area contributed by atoms with Gasteiger partial charge in [-0.3, -0.25) is 9.78 Å². The van der Waals surface area contributed by atoms with Crippen LogP contribution in [0.25, 0.3) is 10.9 Å². The summed E-state index contributed by atoms with van der Waals surface area (Å²) in [6.07, 6.45) is 2.54. The number of carbonyl (C=O) groups is 1. The molecule has 0 bridgehead atoms. The van der Waals surface area contributed by atoms with Gasteiger partial charge < -0.3 is 9.47 Å². The number of benzene rings is 2. The Hall–Kier alpha value is -3.41. The van der Waals surface area contributed by atoms with Crippen molar-refractivity contribution in [3.8, 4) is 11.5 Å². The van der Waals surface area contributed by atoms with Gasteiger partial charge in [0.05, 0.1) is 13.3 Å². The summed E-state index contributed by atoms with van der Waals surface area (Å²) in [5.41, 5.74) is 4.05. The fourth-order valence-corrected chi connectivity index (χ4v) is 2.37. The predicted octanol–water partition coefficient (Wildman–Crippen LogP) is 3.16. The molecule has 0 aliphatic heterocycles. The number of pyridine rings is 1. The molecule has 6 heteroatoms. The van der Waals surface area contributed by atoms with Gasteiger partial charge in [-0.05, 0) is 48.9 Å². The topological polar surface area (TPSA) is 72.8 Å². The highest BCUT2D eigenvalue weighted by atomic mass is 16.5. The van der Waals surface area contributed by atoms with E-state index in [9.17, 15) is 4.79 Å². The monoisotopic (exact) mass is 349 g/mol. The molecule has 3 rings (SSSR count). The molecule has 0 saturated heterocycles. The summed E-state index contributed by atoms with van der Waals surface area (Å²) in [5, 5.41) is 4.91. The van der Waals surface area contributed by atoms with Gasteiger partial charge in [-0.1, -0.05) is 18.2 Å². The van der Waals surface area contributed by atoms with Crippen LogP contribution in [0.2, 0.25) is 0 Å². The zero-order valence-electron chi connectivity index (χ0n) is 14.5. The molecular formula is C20H19N3O3. The third-order valence-corrected chi connectivity index (χ3v) is 3.77. The number of carbonyl (C=O) groups excluding carboxylic acids is 1. The summed E-state index contributed by atoms with van der Waals surface area (Å²) >= 11 is 0. The highest BCUT2D eigenvalue weighted by Gasteiger charge is 2.15. The first-order valence-electron chi connectivity index (χ1n) is 8.15. The van der Waals surface area contributed by atoms with Gasteiger partial charge in [0.2, 0.25) is 0 Å². The van der Waals surface area contributed by atoms with E-state index in [-0.39, 0.29) is 5.91 Å². The molecule has 1 amide bonds. The van der Waals surface area contributed by atoms with Crippen molar-refractivity contribution < 1.29 is 14.3 Å². The molecule has 0 aliphatic rings. The molecule has 0 unspecified atom stereocenters. The minimum absolute atomic E-state index is 0.345. The fraction of sp³-hybridized carbons (Fsp3) is 0.150. The highest BCUT2D eigenvalue weighted by molar-refractivity contribution is 5.86. The SMILES string of the molecule is COc1ccc(/C=N\NC(=O)[C@@H](C)Oc2cccc3cccnc23)cc1. The number of ether oxygens (including phenoxy) is 2. The minimum atomic E-state index is -0.712. The first-order chi connectivity index (χ1) is 12.7. The first kappa shape index (κ1) is 17.4. The summed E-state index contributed by atoms with van der Waals surface area (Å²) in [6.45, 7) is 1.67. The Kier molecular flexibility index (Phi) is 5.43. The smallest absolute Gasteiger partial charge is 0.280 e. The Morgan fingerprint density at radius 1 is 1.15 bits per heavy atom. The summed E-state index contributed by atoms with van der Waals surface area (Å²) in [4.78, 5) is 16.5. The highest BCUT2D eigenvalue weighted by Crippen LogP contribution is 2.23. The lowest BCUT2D eigenvalue weighted by Crippen LogP contribution is -2.33. The number of nitrogens with one attached hydrogen (secondary N) is 1. The molecule has 1 aromatic heterocycles. The molecular weight excluding hydrogens is 330 g/mol. The molecule has 132 valence electrons. The molecule has 1 atom stereocenters. The summed E-state index contributed by atoms with van der Waals surface area (Å²) in [5.74, 6) is 0.976. The van der Waals surface area contributed by atoms with Crippen LogP contribution >= 0.6 is 0 Å². The van der Waals surface area contributed by atoms with Crippen molar-refractivity contribution in [3.05, 3.63) is 66.4 Å². The van der Waals surface area contributed by atoms with Crippen molar-refractivity contribution in [2.24, 2.45) is 5.10 Å².